The SMILES string of the molecule is O=[N+]([O-])c1ccc(Cn2ccnc2-c2cccs2)cc1. The molecule has 0 radical (unpaired) electrons. The number of nitro groups is 1. The molecule has 0 unspecified atom stereocenters. The van der Waals surface area contributed by atoms with Crippen molar-refractivity contribution in [1.82, 2.24) is 9.55 Å². The minimum Gasteiger partial charge on any atom is -0.326 e. The molecule has 0 amide bonds. The summed E-state index contributed by atoms with van der Waals surface area (Å²) in [6.45, 7) is 0.644. The zero-order valence-electron chi connectivity index (χ0n) is 10.5. The minimum absolute atomic E-state index is 0.109. The Labute approximate surface area is 119 Å². The molecule has 0 spiro atoms. The summed E-state index contributed by atoms with van der Waals surface area (Å²) in [5.41, 5.74) is 1.12. The van der Waals surface area contributed by atoms with Crippen molar-refractivity contribution >= 4 is 17.0 Å². The molecule has 0 fully saturated rings. The van der Waals surface area contributed by atoms with Gasteiger partial charge in [0.2, 0.25) is 0 Å². The zero-order chi connectivity index (χ0) is 13.9. The number of nitrogens with zero attached hydrogens (tertiary/aromatic N) is 3. The minimum atomic E-state index is -0.391. The van der Waals surface area contributed by atoms with Gasteiger partial charge < -0.3 is 4.57 Å². The highest BCUT2D eigenvalue weighted by Gasteiger charge is 2.08. The quantitative estimate of drug-likeness (QED) is 0.544. The third-order valence-corrected chi connectivity index (χ3v) is 3.82. The monoisotopic (exact) mass is 285 g/mol. The van der Waals surface area contributed by atoms with Gasteiger partial charge in [-0.15, -0.1) is 11.3 Å². The van der Waals surface area contributed by atoms with Crippen molar-refractivity contribution in [3.8, 4) is 10.7 Å². The van der Waals surface area contributed by atoms with Crippen LogP contribution in [0.3, 0.4) is 0 Å². The highest BCUT2D eigenvalue weighted by atomic mass is 32.1. The first-order chi connectivity index (χ1) is 9.74. The summed E-state index contributed by atoms with van der Waals surface area (Å²) in [6, 6.07) is 10.6. The zero-order valence-corrected chi connectivity index (χ0v) is 11.3. The molecule has 0 saturated heterocycles. The van der Waals surface area contributed by atoms with E-state index in [9.17, 15) is 10.1 Å². The number of nitro benzene ring substituents is 1. The number of aromatic nitrogens is 2. The summed E-state index contributed by atoms with van der Waals surface area (Å²) >= 11 is 1.64. The van der Waals surface area contributed by atoms with E-state index in [1.165, 1.54) is 12.1 Å². The van der Waals surface area contributed by atoms with Gasteiger partial charge in [0.25, 0.3) is 5.69 Å². The van der Waals surface area contributed by atoms with Gasteiger partial charge in [-0.05, 0) is 17.0 Å². The number of rotatable bonds is 4. The number of hydrogen-bond acceptors (Lipinski definition) is 4. The Hall–Kier alpha value is -2.47. The molecule has 0 aliphatic carbocycles. The van der Waals surface area contributed by atoms with Gasteiger partial charge >= 0.3 is 0 Å². The number of hydrogen-bond donors (Lipinski definition) is 0. The van der Waals surface area contributed by atoms with Crippen LogP contribution < -0.4 is 0 Å². The van der Waals surface area contributed by atoms with Crippen LogP contribution in [0, 0.1) is 10.1 Å². The molecule has 100 valence electrons. The normalized spacial score (nSPS) is 10.6. The fourth-order valence-corrected chi connectivity index (χ4v) is 2.72. The van der Waals surface area contributed by atoms with Crippen molar-refractivity contribution in [3.63, 3.8) is 0 Å². The van der Waals surface area contributed by atoms with Crippen LogP contribution in [0.1, 0.15) is 5.56 Å². The Balaban J connectivity index is 1.85. The first-order valence-corrected chi connectivity index (χ1v) is 6.90. The predicted molar refractivity (Wildman–Crippen MR) is 77.7 cm³/mol. The van der Waals surface area contributed by atoms with Crippen molar-refractivity contribution in [2.45, 2.75) is 6.54 Å². The maximum Gasteiger partial charge on any atom is 0.269 e. The molecule has 0 atom stereocenters. The molecule has 2 heterocycles. The number of non-ortho nitro benzene ring substituents is 1. The third kappa shape index (κ3) is 2.46. The van der Waals surface area contributed by atoms with E-state index in [0.717, 1.165) is 16.3 Å². The maximum absolute atomic E-state index is 10.6. The van der Waals surface area contributed by atoms with Crippen molar-refractivity contribution in [2.75, 3.05) is 0 Å². The standard InChI is InChI=1S/C14H11N3O2S/c18-17(19)12-5-3-11(4-6-12)10-16-8-7-15-14(16)13-2-1-9-20-13/h1-9H,10H2. The molecule has 1 aromatic carbocycles. The van der Waals surface area contributed by atoms with Crippen LogP contribution in [0.5, 0.6) is 0 Å². The summed E-state index contributed by atoms with van der Waals surface area (Å²) in [5, 5.41) is 12.6. The molecular weight excluding hydrogens is 274 g/mol. The van der Waals surface area contributed by atoms with Crippen LogP contribution in [-0.4, -0.2) is 14.5 Å². The van der Waals surface area contributed by atoms with E-state index in [-0.39, 0.29) is 5.69 Å². The van der Waals surface area contributed by atoms with E-state index in [2.05, 4.69) is 4.98 Å². The van der Waals surface area contributed by atoms with Gasteiger partial charge in [0.1, 0.15) is 5.82 Å². The Morgan fingerprint density at radius 1 is 1.25 bits per heavy atom. The summed E-state index contributed by atoms with van der Waals surface area (Å²) < 4.78 is 2.03. The third-order valence-electron chi connectivity index (χ3n) is 2.96. The van der Waals surface area contributed by atoms with Crippen molar-refractivity contribution in [3.05, 3.63) is 69.8 Å². The first-order valence-electron chi connectivity index (χ1n) is 6.02. The van der Waals surface area contributed by atoms with Crippen LogP contribution in [0.15, 0.2) is 54.2 Å². The lowest BCUT2D eigenvalue weighted by Gasteiger charge is -2.06. The summed E-state index contributed by atoms with van der Waals surface area (Å²) in [7, 11) is 0. The van der Waals surface area contributed by atoms with Gasteiger partial charge in [0.05, 0.1) is 9.80 Å². The van der Waals surface area contributed by atoms with Crippen LogP contribution in [-0.2, 0) is 6.54 Å². The Morgan fingerprint density at radius 2 is 2.05 bits per heavy atom. The number of benzene rings is 1. The lowest BCUT2D eigenvalue weighted by atomic mass is 10.2. The Morgan fingerprint density at radius 3 is 2.70 bits per heavy atom. The van der Waals surface area contributed by atoms with Gasteiger partial charge in [-0.3, -0.25) is 10.1 Å². The maximum atomic E-state index is 10.6. The second kappa shape index (κ2) is 5.26. The molecule has 3 rings (SSSR count). The molecule has 5 nitrogen and oxygen atoms in total. The van der Waals surface area contributed by atoms with Gasteiger partial charge in [0.15, 0.2) is 0 Å². The molecular formula is C14H11N3O2S. The molecule has 0 aliphatic heterocycles. The van der Waals surface area contributed by atoms with E-state index >= 15 is 0 Å². The highest BCUT2D eigenvalue weighted by Crippen LogP contribution is 2.23. The molecule has 2 aromatic heterocycles. The van der Waals surface area contributed by atoms with E-state index < -0.39 is 4.92 Å². The summed E-state index contributed by atoms with van der Waals surface area (Å²) in [6.07, 6.45) is 3.68. The van der Waals surface area contributed by atoms with Gasteiger partial charge in [-0.1, -0.05) is 18.2 Å². The van der Waals surface area contributed by atoms with E-state index in [4.69, 9.17) is 0 Å². The van der Waals surface area contributed by atoms with Crippen LogP contribution >= 0.6 is 11.3 Å². The second-order valence-electron chi connectivity index (χ2n) is 4.28. The van der Waals surface area contributed by atoms with E-state index in [0.29, 0.717) is 6.54 Å². The van der Waals surface area contributed by atoms with Gasteiger partial charge in [-0.2, -0.15) is 0 Å². The fraction of sp³-hybridized carbons (Fsp3) is 0.0714. The predicted octanol–water partition coefficient (Wildman–Crippen LogP) is 3.57. The highest BCUT2D eigenvalue weighted by molar-refractivity contribution is 7.13. The smallest absolute Gasteiger partial charge is 0.269 e. The lowest BCUT2D eigenvalue weighted by Crippen LogP contribution is -2.00. The Bertz CT molecular complexity index is 717. The van der Waals surface area contributed by atoms with Crippen molar-refractivity contribution < 1.29 is 4.92 Å². The van der Waals surface area contributed by atoms with E-state index in [1.807, 2.05) is 28.3 Å². The van der Waals surface area contributed by atoms with E-state index in [1.54, 1.807) is 29.7 Å². The van der Waals surface area contributed by atoms with Gasteiger partial charge in [-0.25, -0.2) is 4.98 Å². The van der Waals surface area contributed by atoms with Crippen molar-refractivity contribution in [1.29, 1.82) is 0 Å². The topological polar surface area (TPSA) is 61.0 Å². The number of thiophene rings is 1. The summed E-state index contributed by atoms with van der Waals surface area (Å²) in [5.74, 6) is 0.915. The van der Waals surface area contributed by atoms with Crippen LogP contribution in [0.25, 0.3) is 10.7 Å². The molecule has 0 N–H and O–H groups in total. The van der Waals surface area contributed by atoms with Gasteiger partial charge in [0, 0.05) is 31.1 Å². The molecule has 6 heteroatoms. The number of imidazole rings is 1. The Kier molecular flexibility index (Phi) is 3.30. The molecule has 3 aromatic rings. The largest absolute Gasteiger partial charge is 0.326 e. The first kappa shape index (κ1) is 12.6. The van der Waals surface area contributed by atoms with Crippen LogP contribution in [0.4, 0.5) is 5.69 Å². The second-order valence-corrected chi connectivity index (χ2v) is 5.23. The molecule has 0 bridgehead atoms. The lowest BCUT2D eigenvalue weighted by molar-refractivity contribution is -0.384. The molecule has 20 heavy (non-hydrogen) atoms. The summed E-state index contributed by atoms with van der Waals surface area (Å²) in [4.78, 5) is 15.7. The fourth-order valence-electron chi connectivity index (χ4n) is 1.99. The molecule has 0 saturated carbocycles. The average Bonchev–Trinajstić information content (AvgIpc) is 3.09. The van der Waals surface area contributed by atoms with Crippen LogP contribution in [0.2, 0.25) is 0 Å². The van der Waals surface area contributed by atoms with Crippen molar-refractivity contribution in [2.24, 2.45) is 0 Å². The molecule has 0 aliphatic rings. The average molecular weight is 285 g/mol.